The van der Waals surface area contributed by atoms with E-state index in [9.17, 15) is 4.79 Å². The highest BCUT2D eigenvalue weighted by Gasteiger charge is 2.26. The van der Waals surface area contributed by atoms with Gasteiger partial charge in [0.05, 0.1) is 12.2 Å². The maximum atomic E-state index is 11.1. The van der Waals surface area contributed by atoms with Crippen molar-refractivity contribution in [2.75, 3.05) is 32.8 Å². The third-order valence-electron chi connectivity index (χ3n) is 3.29. The monoisotopic (exact) mass is 279 g/mol. The van der Waals surface area contributed by atoms with Crippen LogP contribution in [0.15, 0.2) is 24.3 Å². The summed E-state index contributed by atoms with van der Waals surface area (Å²) < 4.78 is 11.3. The fraction of sp³-hybridized carbons (Fsp3) is 0.533. The number of rotatable bonds is 5. The number of carboxylic acid groups (broad SMARTS) is 1. The molecule has 0 radical (unpaired) electrons. The molecule has 0 amide bonds. The number of benzene rings is 1. The molecular weight excluding hydrogens is 258 g/mol. The number of carboxylic acids is 1. The summed E-state index contributed by atoms with van der Waals surface area (Å²) in [6, 6.07) is 6.71. The van der Waals surface area contributed by atoms with E-state index in [1.54, 1.807) is 24.3 Å². The van der Waals surface area contributed by atoms with Gasteiger partial charge in [0.1, 0.15) is 17.9 Å². The van der Waals surface area contributed by atoms with Gasteiger partial charge in [0.15, 0.2) is 0 Å². The van der Waals surface area contributed by atoms with Gasteiger partial charge in [0, 0.05) is 19.6 Å². The molecule has 1 aromatic rings. The highest BCUT2D eigenvalue weighted by atomic mass is 16.5. The number of carbonyl (C=O) groups is 1. The first-order valence-corrected chi connectivity index (χ1v) is 6.79. The van der Waals surface area contributed by atoms with Gasteiger partial charge in [0.2, 0.25) is 0 Å². The predicted octanol–water partition coefficient (Wildman–Crippen LogP) is 1.87. The van der Waals surface area contributed by atoms with Crippen molar-refractivity contribution in [3.63, 3.8) is 0 Å². The lowest BCUT2D eigenvalue weighted by molar-refractivity contribution is -0.0875. The quantitative estimate of drug-likeness (QED) is 0.891. The van der Waals surface area contributed by atoms with Gasteiger partial charge in [-0.15, -0.1) is 0 Å². The molecule has 110 valence electrons. The summed E-state index contributed by atoms with van der Waals surface area (Å²) in [5.74, 6) is -0.541. The molecule has 1 N–H and O–H groups in total. The van der Waals surface area contributed by atoms with Crippen LogP contribution in [0.4, 0.5) is 0 Å². The molecule has 0 bridgehead atoms. The molecule has 1 heterocycles. The van der Waals surface area contributed by atoms with Gasteiger partial charge in [-0.2, -0.15) is 0 Å². The fourth-order valence-electron chi connectivity index (χ4n) is 2.36. The smallest absolute Gasteiger partial charge is 0.339 e. The number of hydrogen-bond acceptors (Lipinski definition) is 4. The highest BCUT2D eigenvalue weighted by molar-refractivity contribution is 5.90. The second-order valence-corrected chi connectivity index (χ2v) is 5.53. The summed E-state index contributed by atoms with van der Waals surface area (Å²) in [6.07, 6.45) is 0. The first kappa shape index (κ1) is 14.8. The first-order chi connectivity index (χ1) is 9.48. The Morgan fingerprint density at radius 1 is 1.45 bits per heavy atom. The lowest BCUT2D eigenvalue weighted by Crippen LogP contribution is -2.49. The number of aromatic carboxylic acids is 1. The Labute approximate surface area is 119 Å². The van der Waals surface area contributed by atoms with Crippen molar-refractivity contribution < 1.29 is 19.4 Å². The van der Waals surface area contributed by atoms with Crippen LogP contribution in [0.5, 0.6) is 5.75 Å². The maximum absolute atomic E-state index is 11.1. The molecule has 1 saturated heterocycles. The molecule has 1 aliphatic rings. The van der Waals surface area contributed by atoms with Crippen molar-refractivity contribution in [3.05, 3.63) is 29.8 Å². The molecule has 0 aliphatic carbocycles. The minimum absolute atomic E-state index is 0.128. The molecule has 0 aromatic heterocycles. The summed E-state index contributed by atoms with van der Waals surface area (Å²) in [5, 5.41) is 9.08. The van der Waals surface area contributed by atoms with E-state index >= 15 is 0 Å². The maximum Gasteiger partial charge on any atom is 0.339 e. The van der Waals surface area contributed by atoms with Crippen LogP contribution in [0.3, 0.4) is 0 Å². The molecule has 5 heteroatoms. The molecule has 0 spiro atoms. The van der Waals surface area contributed by atoms with E-state index in [4.69, 9.17) is 14.6 Å². The number of para-hydroxylation sites is 1. The molecule has 0 saturated carbocycles. The van der Waals surface area contributed by atoms with Crippen LogP contribution in [-0.4, -0.2) is 54.4 Å². The van der Waals surface area contributed by atoms with Gasteiger partial charge in [0.25, 0.3) is 0 Å². The number of nitrogens with zero attached hydrogens (tertiary/aromatic N) is 1. The lowest BCUT2D eigenvalue weighted by Gasteiger charge is -2.38. The van der Waals surface area contributed by atoms with E-state index < -0.39 is 5.97 Å². The summed E-state index contributed by atoms with van der Waals surface area (Å²) in [7, 11) is 0. The third kappa shape index (κ3) is 3.95. The topological polar surface area (TPSA) is 59.0 Å². The largest absolute Gasteiger partial charge is 0.491 e. The van der Waals surface area contributed by atoms with Gasteiger partial charge >= 0.3 is 5.97 Å². The Morgan fingerprint density at radius 3 is 2.90 bits per heavy atom. The van der Waals surface area contributed by atoms with E-state index in [1.807, 2.05) is 0 Å². The second kappa shape index (κ2) is 6.24. The van der Waals surface area contributed by atoms with Crippen molar-refractivity contribution >= 4 is 5.97 Å². The van der Waals surface area contributed by atoms with Crippen molar-refractivity contribution in [2.24, 2.45) is 0 Å². The van der Waals surface area contributed by atoms with Gasteiger partial charge < -0.3 is 14.6 Å². The summed E-state index contributed by atoms with van der Waals surface area (Å²) in [6.45, 7) is 7.84. The van der Waals surface area contributed by atoms with Crippen molar-refractivity contribution in [3.8, 4) is 5.75 Å². The van der Waals surface area contributed by atoms with Crippen molar-refractivity contribution in [1.82, 2.24) is 4.90 Å². The average molecular weight is 279 g/mol. The molecule has 2 rings (SSSR count). The Hall–Kier alpha value is -1.59. The Morgan fingerprint density at radius 2 is 2.20 bits per heavy atom. The molecule has 20 heavy (non-hydrogen) atoms. The Bertz CT molecular complexity index is 473. The highest BCUT2D eigenvalue weighted by Crippen LogP contribution is 2.19. The van der Waals surface area contributed by atoms with E-state index in [0.29, 0.717) is 12.4 Å². The van der Waals surface area contributed by atoms with E-state index in [-0.39, 0.29) is 11.2 Å². The van der Waals surface area contributed by atoms with Crippen LogP contribution in [0.2, 0.25) is 0 Å². The SMILES string of the molecule is CC1(C)CN(CCOc2ccccc2C(=O)O)CCO1. The zero-order chi connectivity index (χ0) is 14.6. The van der Waals surface area contributed by atoms with Crippen LogP contribution in [0.25, 0.3) is 0 Å². The molecular formula is C15H21NO4. The van der Waals surface area contributed by atoms with Crippen LogP contribution in [0, 0.1) is 0 Å². The standard InChI is InChI=1S/C15H21NO4/c1-15(2)11-16(8-10-20-15)7-9-19-13-6-4-3-5-12(13)14(17)18/h3-6H,7-11H2,1-2H3,(H,17,18). The van der Waals surface area contributed by atoms with E-state index in [0.717, 1.165) is 26.2 Å². The van der Waals surface area contributed by atoms with E-state index in [1.165, 1.54) is 0 Å². The Balaban J connectivity index is 1.86. The second-order valence-electron chi connectivity index (χ2n) is 5.53. The minimum Gasteiger partial charge on any atom is -0.491 e. The molecule has 0 atom stereocenters. The molecule has 1 aromatic carbocycles. The molecule has 1 fully saturated rings. The summed E-state index contributed by atoms with van der Waals surface area (Å²) >= 11 is 0. The zero-order valence-corrected chi connectivity index (χ0v) is 12.0. The number of morpholine rings is 1. The zero-order valence-electron chi connectivity index (χ0n) is 12.0. The fourth-order valence-corrected chi connectivity index (χ4v) is 2.36. The number of ether oxygens (including phenoxy) is 2. The first-order valence-electron chi connectivity index (χ1n) is 6.79. The van der Waals surface area contributed by atoms with Gasteiger partial charge in [-0.25, -0.2) is 4.79 Å². The van der Waals surface area contributed by atoms with Crippen LogP contribution >= 0.6 is 0 Å². The summed E-state index contributed by atoms with van der Waals surface area (Å²) in [4.78, 5) is 13.3. The summed E-state index contributed by atoms with van der Waals surface area (Å²) in [5.41, 5.74) is 0.0758. The van der Waals surface area contributed by atoms with Crippen LogP contribution in [-0.2, 0) is 4.74 Å². The van der Waals surface area contributed by atoms with Gasteiger partial charge in [-0.3, -0.25) is 4.90 Å². The Kier molecular flexibility index (Phi) is 4.62. The van der Waals surface area contributed by atoms with Crippen molar-refractivity contribution in [2.45, 2.75) is 19.4 Å². The number of hydrogen-bond donors (Lipinski definition) is 1. The van der Waals surface area contributed by atoms with E-state index in [2.05, 4.69) is 18.7 Å². The van der Waals surface area contributed by atoms with Gasteiger partial charge in [-0.1, -0.05) is 12.1 Å². The van der Waals surface area contributed by atoms with Crippen molar-refractivity contribution in [1.29, 1.82) is 0 Å². The average Bonchev–Trinajstić information content (AvgIpc) is 2.38. The molecule has 5 nitrogen and oxygen atoms in total. The van der Waals surface area contributed by atoms with Crippen LogP contribution < -0.4 is 4.74 Å². The predicted molar refractivity (Wildman–Crippen MR) is 75.4 cm³/mol. The molecule has 0 unspecified atom stereocenters. The minimum atomic E-state index is -0.965. The van der Waals surface area contributed by atoms with Crippen LogP contribution in [0.1, 0.15) is 24.2 Å². The normalized spacial score (nSPS) is 18.7. The molecule has 1 aliphatic heterocycles. The lowest BCUT2D eigenvalue weighted by atomic mass is 10.1. The van der Waals surface area contributed by atoms with Gasteiger partial charge in [-0.05, 0) is 26.0 Å². The third-order valence-corrected chi connectivity index (χ3v) is 3.29.